The van der Waals surface area contributed by atoms with Crippen LogP contribution in [0.3, 0.4) is 0 Å². The highest BCUT2D eigenvalue weighted by molar-refractivity contribution is 5.92. The van der Waals surface area contributed by atoms with Gasteiger partial charge in [-0.25, -0.2) is 4.79 Å². The maximum atomic E-state index is 12.2. The summed E-state index contributed by atoms with van der Waals surface area (Å²) in [5, 5.41) is 12.0. The van der Waals surface area contributed by atoms with Crippen molar-refractivity contribution in [2.45, 2.75) is 49.6 Å². The smallest absolute Gasteiger partial charge is 0.329 e. The Morgan fingerprint density at radius 2 is 1.67 bits per heavy atom. The average molecular weight is 256 g/mol. The average Bonchev–Trinajstić information content (AvgIpc) is 2.78. The molecule has 2 rings (SSSR count). The van der Waals surface area contributed by atoms with Crippen molar-refractivity contribution in [3.05, 3.63) is 0 Å². The van der Waals surface area contributed by atoms with Crippen LogP contribution in [0, 0.1) is 0 Å². The van der Waals surface area contributed by atoms with E-state index in [0.29, 0.717) is 38.9 Å². The molecule has 1 aliphatic heterocycles. The second-order valence-corrected chi connectivity index (χ2v) is 5.32. The van der Waals surface area contributed by atoms with E-state index in [1.807, 2.05) is 0 Å². The predicted octanol–water partition coefficient (Wildman–Crippen LogP) is 0.00790. The van der Waals surface area contributed by atoms with Gasteiger partial charge in [-0.15, -0.1) is 0 Å². The molecule has 1 saturated heterocycles. The Bertz CT molecular complexity index is 344. The number of carboxylic acids is 1. The number of aliphatic carboxylic acids is 1. The first-order valence-electron chi connectivity index (χ1n) is 6.41. The number of carbonyl (C=O) groups excluding carboxylic acids is 1. The highest BCUT2D eigenvalue weighted by Crippen LogP contribution is 2.29. The van der Waals surface area contributed by atoms with Gasteiger partial charge in [0.15, 0.2) is 0 Å². The van der Waals surface area contributed by atoms with Crippen LogP contribution in [0.25, 0.3) is 0 Å². The van der Waals surface area contributed by atoms with Gasteiger partial charge in [0.25, 0.3) is 0 Å². The van der Waals surface area contributed by atoms with Crippen LogP contribution < -0.4 is 11.1 Å². The third-order valence-corrected chi connectivity index (χ3v) is 4.06. The zero-order valence-corrected chi connectivity index (χ0v) is 10.4. The predicted molar refractivity (Wildman–Crippen MR) is 63.9 cm³/mol. The van der Waals surface area contributed by atoms with E-state index in [1.54, 1.807) is 0 Å². The second kappa shape index (κ2) is 4.85. The summed E-state index contributed by atoms with van der Waals surface area (Å²) in [6.45, 7) is 0.703. The Morgan fingerprint density at radius 3 is 2.17 bits per heavy atom. The van der Waals surface area contributed by atoms with Gasteiger partial charge < -0.3 is 20.9 Å². The van der Waals surface area contributed by atoms with Crippen LogP contribution in [0.15, 0.2) is 0 Å². The molecule has 1 saturated carbocycles. The number of hydrogen-bond donors (Lipinski definition) is 3. The minimum atomic E-state index is -1.20. The molecule has 6 nitrogen and oxygen atoms in total. The SMILES string of the molecule is NC1(C(=O)NC2(C(=O)O)CCOCC2)CCCC1. The van der Waals surface area contributed by atoms with E-state index >= 15 is 0 Å². The first-order valence-corrected chi connectivity index (χ1v) is 6.41. The lowest BCUT2D eigenvalue weighted by atomic mass is 9.87. The van der Waals surface area contributed by atoms with Gasteiger partial charge in [-0.1, -0.05) is 12.8 Å². The molecule has 0 unspecified atom stereocenters. The van der Waals surface area contributed by atoms with E-state index in [0.717, 1.165) is 12.8 Å². The highest BCUT2D eigenvalue weighted by atomic mass is 16.5. The summed E-state index contributed by atoms with van der Waals surface area (Å²) in [5.74, 6) is -1.33. The molecular formula is C12H20N2O4. The van der Waals surface area contributed by atoms with Gasteiger partial charge in [-0.2, -0.15) is 0 Å². The molecule has 0 atom stereocenters. The van der Waals surface area contributed by atoms with Gasteiger partial charge in [0.1, 0.15) is 5.54 Å². The van der Waals surface area contributed by atoms with E-state index in [4.69, 9.17) is 10.5 Å². The molecule has 4 N–H and O–H groups in total. The van der Waals surface area contributed by atoms with E-state index in [1.165, 1.54) is 0 Å². The fourth-order valence-electron chi connectivity index (χ4n) is 2.69. The van der Waals surface area contributed by atoms with Crippen molar-refractivity contribution in [2.75, 3.05) is 13.2 Å². The zero-order chi connectivity index (χ0) is 13.2. The molecule has 1 amide bonds. The molecular weight excluding hydrogens is 236 g/mol. The fourth-order valence-corrected chi connectivity index (χ4v) is 2.69. The maximum Gasteiger partial charge on any atom is 0.329 e. The molecule has 0 spiro atoms. The fraction of sp³-hybridized carbons (Fsp3) is 0.833. The van der Waals surface area contributed by atoms with Crippen LogP contribution in [-0.4, -0.2) is 41.3 Å². The van der Waals surface area contributed by atoms with Gasteiger partial charge in [0, 0.05) is 26.1 Å². The Kier molecular flexibility index (Phi) is 3.59. The Morgan fingerprint density at radius 1 is 1.11 bits per heavy atom. The molecule has 1 aliphatic carbocycles. The highest BCUT2D eigenvalue weighted by Gasteiger charge is 2.46. The van der Waals surface area contributed by atoms with Crippen molar-refractivity contribution >= 4 is 11.9 Å². The summed E-state index contributed by atoms with van der Waals surface area (Å²) in [6, 6.07) is 0. The lowest BCUT2D eigenvalue weighted by molar-refractivity contribution is -0.153. The molecule has 1 heterocycles. The summed E-state index contributed by atoms with van der Waals surface area (Å²) < 4.78 is 5.16. The number of carbonyl (C=O) groups is 2. The molecule has 2 aliphatic rings. The number of rotatable bonds is 3. The first kappa shape index (κ1) is 13.3. The zero-order valence-electron chi connectivity index (χ0n) is 10.4. The normalized spacial score (nSPS) is 25.6. The standard InChI is InChI=1S/C12H20N2O4/c13-11(3-1-2-4-11)9(15)14-12(10(16)17)5-7-18-8-6-12/h1-8,13H2,(H,14,15)(H,16,17). The van der Waals surface area contributed by atoms with Crippen LogP contribution in [-0.2, 0) is 14.3 Å². The minimum Gasteiger partial charge on any atom is -0.480 e. The molecule has 102 valence electrons. The van der Waals surface area contributed by atoms with Crippen LogP contribution in [0.4, 0.5) is 0 Å². The third-order valence-electron chi connectivity index (χ3n) is 4.06. The van der Waals surface area contributed by atoms with Crippen molar-refractivity contribution in [2.24, 2.45) is 5.73 Å². The van der Waals surface area contributed by atoms with Gasteiger partial charge in [-0.3, -0.25) is 4.79 Å². The number of amides is 1. The van der Waals surface area contributed by atoms with Crippen LogP contribution in [0.1, 0.15) is 38.5 Å². The van der Waals surface area contributed by atoms with Crippen LogP contribution in [0.2, 0.25) is 0 Å². The largest absolute Gasteiger partial charge is 0.480 e. The topological polar surface area (TPSA) is 102 Å². The second-order valence-electron chi connectivity index (χ2n) is 5.32. The monoisotopic (exact) mass is 256 g/mol. The van der Waals surface area contributed by atoms with Crippen LogP contribution in [0.5, 0.6) is 0 Å². The van der Waals surface area contributed by atoms with Gasteiger partial charge >= 0.3 is 5.97 Å². The third kappa shape index (κ3) is 2.35. The maximum absolute atomic E-state index is 12.2. The molecule has 0 aromatic heterocycles. The summed E-state index contributed by atoms with van der Waals surface area (Å²) in [5.41, 5.74) is 3.95. The van der Waals surface area contributed by atoms with Crippen molar-refractivity contribution in [3.8, 4) is 0 Å². The Labute approximate surface area is 106 Å². The minimum absolute atomic E-state index is 0.296. The number of nitrogens with two attached hydrogens (primary N) is 1. The quantitative estimate of drug-likeness (QED) is 0.660. The summed E-state index contributed by atoms with van der Waals surface area (Å²) in [6.07, 6.45) is 3.70. The van der Waals surface area contributed by atoms with Crippen molar-refractivity contribution < 1.29 is 19.4 Å². The van der Waals surface area contributed by atoms with Gasteiger partial charge in [-0.05, 0) is 12.8 Å². The van der Waals surface area contributed by atoms with E-state index < -0.39 is 17.0 Å². The van der Waals surface area contributed by atoms with Crippen molar-refractivity contribution in [3.63, 3.8) is 0 Å². The molecule has 18 heavy (non-hydrogen) atoms. The molecule has 0 bridgehead atoms. The van der Waals surface area contributed by atoms with Crippen molar-refractivity contribution in [1.29, 1.82) is 0 Å². The summed E-state index contributed by atoms with van der Waals surface area (Å²) in [4.78, 5) is 23.6. The van der Waals surface area contributed by atoms with Gasteiger partial charge in [0.2, 0.25) is 5.91 Å². The number of nitrogens with one attached hydrogen (secondary N) is 1. The number of hydrogen-bond acceptors (Lipinski definition) is 4. The summed E-state index contributed by atoms with van der Waals surface area (Å²) >= 11 is 0. The molecule has 0 aromatic rings. The van der Waals surface area contributed by atoms with E-state index in [2.05, 4.69) is 5.32 Å². The lowest BCUT2D eigenvalue weighted by Gasteiger charge is -2.36. The molecule has 0 radical (unpaired) electrons. The van der Waals surface area contributed by atoms with E-state index in [9.17, 15) is 14.7 Å². The first-order chi connectivity index (χ1) is 8.49. The van der Waals surface area contributed by atoms with Crippen molar-refractivity contribution in [1.82, 2.24) is 5.32 Å². The Hall–Kier alpha value is -1.14. The molecule has 2 fully saturated rings. The lowest BCUT2D eigenvalue weighted by Crippen LogP contribution is -2.63. The number of carboxylic acid groups (broad SMARTS) is 1. The summed E-state index contributed by atoms with van der Waals surface area (Å²) in [7, 11) is 0. The molecule has 6 heteroatoms. The van der Waals surface area contributed by atoms with E-state index in [-0.39, 0.29) is 5.91 Å². The van der Waals surface area contributed by atoms with Gasteiger partial charge in [0.05, 0.1) is 5.54 Å². The molecule has 0 aromatic carbocycles. The Balaban J connectivity index is 2.09. The number of ether oxygens (including phenoxy) is 1. The van der Waals surface area contributed by atoms with Crippen LogP contribution >= 0.6 is 0 Å².